The molecule has 0 saturated carbocycles. The van der Waals surface area contributed by atoms with Crippen molar-refractivity contribution >= 4 is 33.7 Å². The Morgan fingerprint density at radius 3 is 1.34 bits per heavy atom. The third-order valence-electron chi connectivity index (χ3n) is 8.39. The molecule has 0 saturated heterocycles. The Bertz CT molecular complexity index is 1650. The number of unbranched alkanes of at least 4 members (excludes halogenated alkanes) is 6. The van der Waals surface area contributed by atoms with E-state index < -0.39 is 0 Å². The van der Waals surface area contributed by atoms with E-state index in [1.165, 1.54) is 83.4 Å². The summed E-state index contributed by atoms with van der Waals surface area (Å²) < 4.78 is 0. The molecule has 0 aliphatic rings. The van der Waals surface area contributed by atoms with Gasteiger partial charge in [0.25, 0.3) is 0 Å². The Hall–Kier alpha value is -3.60. The number of aryl methyl sites for hydroxylation is 2. The van der Waals surface area contributed by atoms with Gasteiger partial charge in [-0.2, -0.15) is 0 Å². The maximum absolute atomic E-state index is 5.51. The van der Waals surface area contributed by atoms with Crippen molar-refractivity contribution in [2.24, 2.45) is 0 Å². The van der Waals surface area contributed by atoms with Crippen LogP contribution in [0.1, 0.15) is 76.3 Å². The van der Waals surface area contributed by atoms with Gasteiger partial charge < -0.3 is 0 Å². The second-order valence-corrected chi connectivity index (χ2v) is 13.6. The van der Waals surface area contributed by atoms with Gasteiger partial charge in [-0.05, 0) is 59.7 Å². The van der Waals surface area contributed by atoms with Crippen molar-refractivity contribution < 1.29 is 0 Å². The maximum atomic E-state index is 5.51. The zero-order valence-electron chi connectivity index (χ0n) is 26.0. The molecule has 4 heteroatoms. The quantitative estimate of drug-likeness (QED) is 0.114. The van der Waals surface area contributed by atoms with Crippen LogP contribution in [0, 0.1) is 0 Å². The minimum atomic E-state index is 0.932. The maximum Gasteiger partial charge on any atom is 0.0988 e. The monoisotopic (exact) mass is 614 g/mol. The van der Waals surface area contributed by atoms with Crippen molar-refractivity contribution in [1.29, 1.82) is 0 Å². The van der Waals surface area contributed by atoms with Crippen LogP contribution in [0.5, 0.6) is 0 Å². The third-order valence-corrected chi connectivity index (χ3v) is 10.4. The van der Waals surface area contributed by atoms with Crippen LogP contribution in [0.15, 0.2) is 95.7 Å². The molecule has 224 valence electrons. The molecule has 0 N–H and O–H groups in total. The summed E-state index contributed by atoms with van der Waals surface area (Å²) in [5.41, 5.74) is 11.2. The lowest BCUT2D eigenvalue weighted by Crippen LogP contribution is -1.98. The number of hydrogen-bond donors (Lipinski definition) is 0. The van der Waals surface area contributed by atoms with Crippen molar-refractivity contribution in [1.82, 2.24) is 9.97 Å². The molecule has 0 unspecified atom stereocenters. The van der Waals surface area contributed by atoms with Crippen LogP contribution in [-0.2, 0) is 12.8 Å². The van der Waals surface area contributed by atoms with E-state index in [0.717, 1.165) is 46.4 Å². The molecule has 0 spiro atoms. The minimum absolute atomic E-state index is 0.932. The van der Waals surface area contributed by atoms with Crippen LogP contribution in [0.2, 0.25) is 0 Å². The summed E-state index contributed by atoms with van der Waals surface area (Å²) in [6.45, 7) is 4.55. The molecule has 44 heavy (non-hydrogen) atoms. The van der Waals surface area contributed by atoms with Crippen molar-refractivity contribution in [3.05, 3.63) is 107 Å². The number of aromatic nitrogens is 2. The molecule has 0 atom stereocenters. The zero-order chi connectivity index (χ0) is 30.1. The molecule has 6 aromatic rings. The molecule has 0 amide bonds. The summed E-state index contributed by atoms with van der Waals surface area (Å²) in [4.78, 5) is 13.6. The molecule has 3 heterocycles. The molecule has 0 aliphatic heterocycles. The van der Waals surface area contributed by atoms with Gasteiger partial charge in [0, 0.05) is 32.0 Å². The Labute approximate surface area is 270 Å². The van der Waals surface area contributed by atoms with E-state index in [1.807, 2.05) is 22.7 Å². The average molecular weight is 615 g/mol. The normalized spacial score (nSPS) is 11.4. The fourth-order valence-corrected chi connectivity index (χ4v) is 7.89. The standard InChI is InChI=1S/C40H42N2S2/c1-3-5-7-11-17-29-25-35(43-27-29)33-23-24-34(36-26-30(28-44-36)18-12-8-6-4-2)40-39(33)41-37(31-19-13-9-14-20-31)38(42-40)32-21-15-10-16-22-32/h9-10,13-16,19-28H,3-8,11-12,17-18H2,1-2H3. The molecule has 0 bridgehead atoms. The second kappa shape index (κ2) is 14.9. The van der Waals surface area contributed by atoms with E-state index in [4.69, 9.17) is 9.97 Å². The number of hydrogen-bond acceptors (Lipinski definition) is 4. The lowest BCUT2D eigenvalue weighted by Gasteiger charge is -2.15. The Morgan fingerprint density at radius 2 is 0.932 bits per heavy atom. The average Bonchev–Trinajstić information content (AvgIpc) is 3.75. The molecule has 0 aliphatic carbocycles. The van der Waals surface area contributed by atoms with Gasteiger partial charge >= 0.3 is 0 Å². The largest absolute Gasteiger partial charge is 0.243 e. The van der Waals surface area contributed by atoms with Gasteiger partial charge in [-0.15, -0.1) is 22.7 Å². The first-order chi connectivity index (χ1) is 21.7. The van der Waals surface area contributed by atoms with Crippen LogP contribution in [0.3, 0.4) is 0 Å². The third kappa shape index (κ3) is 7.03. The first-order valence-corrected chi connectivity index (χ1v) is 18.1. The van der Waals surface area contributed by atoms with E-state index in [9.17, 15) is 0 Å². The predicted molar refractivity (Wildman–Crippen MR) is 193 cm³/mol. The molecule has 2 nitrogen and oxygen atoms in total. The second-order valence-electron chi connectivity index (χ2n) is 11.8. The Balaban J connectivity index is 1.49. The van der Waals surface area contributed by atoms with Gasteiger partial charge in [-0.25, -0.2) is 9.97 Å². The van der Waals surface area contributed by atoms with Gasteiger partial charge in [0.15, 0.2) is 0 Å². The van der Waals surface area contributed by atoms with Gasteiger partial charge in [0.1, 0.15) is 0 Å². The smallest absolute Gasteiger partial charge is 0.0988 e. The predicted octanol–water partition coefficient (Wildman–Crippen LogP) is 12.7. The molecule has 3 aromatic heterocycles. The zero-order valence-corrected chi connectivity index (χ0v) is 27.7. The van der Waals surface area contributed by atoms with Crippen LogP contribution < -0.4 is 0 Å². The highest BCUT2D eigenvalue weighted by atomic mass is 32.1. The van der Waals surface area contributed by atoms with E-state index >= 15 is 0 Å². The van der Waals surface area contributed by atoms with E-state index in [1.54, 1.807) is 0 Å². The van der Waals surface area contributed by atoms with Crippen LogP contribution in [0.4, 0.5) is 0 Å². The molecule has 0 fully saturated rings. The summed E-state index contributed by atoms with van der Waals surface area (Å²) >= 11 is 3.67. The van der Waals surface area contributed by atoms with Crippen molar-refractivity contribution in [2.75, 3.05) is 0 Å². The molecule has 0 radical (unpaired) electrons. The van der Waals surface area contributed by atoms with Crippen molar-refractivity contribution in [2.45, 2.75) is 78.1 Å². The summed E-state index contributed by atoms with van der Waals surface area (Å²) in [6.07, 6.45) is 12.5. The van der Waals surface area contributed by atoms with Gasteiger partial charge in [0.05, 0.1) is 22.4 Å². The number of thiophene rings is 2. The molecular weight excluding hydrogens is 573 g/mol. The lowest BCUT2D eigenvalue weighted by molar-refractivity contribution is 0.667. The van der Waals surface area contributed by atoms with E-state index in [0.29, 0.717) is 0 Å². The van der Waals surface area contributed by atoms with Crippen molar-refractivity contribution in [3.8, 4) is 43.4 Å². The SMILES string of the molecule is CCCCCCc1csc(-c2ccc(-c3cc(CCCCCC)cs3)c3nc(-c4ccccc4)c(-c4ccccc4)nc23)c1. The summed E-state index contributed by atoms with van der Waals surface area (Å²) in [6, 6.07) is 30.4. The summed E-state index contributed by atoms with van der Waals surface area (Å²) in [5, 5.41) is 4.68. The Kier molecular flexibility index (Phi) is 10.3. The Morgan fingerprint density at radius 1 is 0.500 bits per heavy atom. The van der Waals surface area contributed by atoms with E-state index in [-0.39, 0.29) is 0 Å². The van der Waals surface area contributed by atoms with Crippen LogP contribution in [0.25, 0.3) is 54.4 Å². The van der Waals surface area contributed by atoms with Gasteiger partial charge in [0.2, 0.25) is 0 Å². The van der Waals surface area contributed by atoms with Crippen molar-refractivity contribution in [3.63, 3.8) is 0 Å². The van der Waals surface area contributed by atoms with Crippen LogP contribution in [-0.4, -0.2) is 9.97 Å². The van der Waals surface area contributed by atoms with Gasteiger partial charge in [-0.1, -0.05) is 125 Å². The topological polar surface area (TPSA) is 25.8 Å². The molecule has 3 aromatic carbocycles. The number of benzene rings is 3. The minimum Gasteiger partial charge on any atom is -0.243 e. The first-order valence-electron chi connectivity index (χ1n) is 16.4. The fourth-order valence-electron chi connectivity index (χ4n) is 5.94. The lowest BCUT2D eigenvalue weighted by atomic mass is 10.00. The molecule has 6 rings (SSSR count). The van der Waals surface area contributed by atoms with Gasteiger partial charge in [-0.3, -0.25) is 0 Å². The van der Waals surface area contributed by atoms with Crippen LogP contribution >= 0.6 is 22.7 Å². The van der Waals surface area contributed by atoms with E-state index in [2.05, 4.69) is 110 Å². The highest BCUT2D eigenvalue weighted by Gasteiger charge is 2.20. The molecular formula is C40H42N2S2. The fraction of sp³-hybridized carbons (Fsp3) is 0.300. The number of fused-ring (bicyclic) bond motifs is 1. The highest BCUT2D eigenvalue weighted by molar-refractivity contribution is 7.14. The number of nitrogens with zero attached hydrogens (tertiary/aromatic N) is 2. The highest BCUT2D eigenvalue weighted by Crippen LogP contribution is 2.41. The summed E-state index contributed by atoms with van der Waals surface area (Å²) in [5.74, 6) is 0. The summed E-state index contributed by atoms with van der Waals surface area (Å²) in [7, 11) is 0. The number of rotatable bonds is 14. The first kappa shape index (κ1) is 30.4.